The van der Waals surface area contributed by atoms with Crippen molar-refractivity contribution in [2.45, 2.75) is 12.8 Å². The summed E-state index contributed by atoms with van der Waals surface area (Å²) in [5, 5.41) is 0. The normalized spacial score (nSPS) is 46.6. The summed E-state index contributed by atoms with van der Waals surface area (Å²) in [5.74, 6) is 3.40. The molecule has 0 spiro atoms. The van der Waals surface area contributed by atoms with Gasteiger partial charge >= 0.3 is 0 Å². The Bertz CT molecular complexity index is 140. The third-order valence-electron chi connectivity index (χ3n) is 2.61. The lowest BCUT2D eigenvalue weighted by Crippen LogP contribution is -2.07. The molecule has 0 aliphatic heterocycles. The van der Waals surface area contributed by atoms with Gasteiger partial charge in [0.05, 0.1) is 0 Å². The Morgan fingerprint density at radius 3 is 2.56 bits per heavy atom. The molecule has 0 saturated heterocycles. The first-order valence-corrected chi connectivity index (χ1v) is 4.18. The third kappa shape index (κ3) is 0.806. The van der Waals surface area contributed by atoms with Gasteiger partial charge in [0.2, 0.25) is 0 Å². The lowest BCUT2D eigenvalue weighted by molar-refractivity contribution is 0.499. The van der Waals surface area contributed by atoms with Gasteiger partial charge in [0.1, 0.15) is 0 Å². The Hall–Kier alpha value is 0.0300. The summed E-state index contributed by atoms with van der Waals surface area (Å²) in [4.78, 5) is 0. The summed E-state index contributed by atoms with van der Waals surface area (Å²) in [7, 11) is 0. The Morgan fingerprint density at radius 1 is 1.33 bits per heavy atom. The molecular weight excluding hydrogens is 132 g/mol. The van der Waals surface area contributed by atoms with Gasteiger partial charge in [0.25, 0.3) is 0 Å². The predicted molar refractivity (Wildman–Crippen MR) is 39.6 cm³/mol. The van der Waals surface area contributed by atoms with Crippen molar-refractivity contribution in [1.82, 2.24) is 0 Å². The van der Waals surface area contributed by atoms with Crippen LogP contribution in [0, 0.1) is 17.8 Å². The minimum Gasteiger partial charge on any atom is -0.126 e. The van der Waals surface area contributed by atoms with E-state index in [9.17, 15) is 0 Å². The summed E-state index contributed by atoms with van der Waals surface area (Å²) in [6, 6.07) is 0. The predicted octanol–water partition coefficient (Wildman–Crippen LogP) is 2.44. The number of hydrogen-bond acceptors (Lipinski definition) is 0. The van der Waals surface area contributed by atoms with E-state index in [0.717, 1.165) is 23.6 Å². The zero-order valence-electron chi connectivity index (χ0n) is 5.39. The van der Waals surface area contributed by atoms with E-state index >= 15 is 0 Å². The molecule has 2 rings (SSSR count). The minimum atomic E-state index is 0.807. The van der Waals surface area contributed by atoms with Crippen molar-refractivity contribution >= 4 is 11.6 Å². The number of rotatable bonds is 1. The zero-order chi connectivity index (χ0) is 6.27. The molecule has 1 heteroatoms. The number of allylic oxidation sites excluding steroid dienone is 2. The lowest BCUT2D eigenvalue weighted by Gasteiger charge is -2.13. The lowest BCUT2D eigenvalue weighted by atomic mass is 9.96. The summed E-state index contributed by atoms with van der Waals surface area (Å²) < 4.78 is 0. The Labute approximate surface area is 60.9 Å². The zero-order valence-corrected chi connectivity index (χ0v) is 6.14. The molecule has 1 saturated carbocycles. The van der Waals surface area contributed by atoms with E-state index in [1.807, 2.05) is 0 Å². The van der Waals surface area contributed by atoms with Gasteiger partial charge in [-0.15, -0.1) is 11.6 Å². The van der Waals surface area contributed by atoms with E-state index in [1.54, 1.807) is 0 Å². The van der Waals surface area contributed by atoms with E-state index in [2.05, 4.69) is 12.2 Å². The third-order valence-corrected chi connectivity index (χ3v) is 3.01. The van der Waals surface area contributed by atoms with Crippen LogP contribution in [0.15, 0.2) is 12.2 Å². The number of alkyl halides is 1. The molecule has 50 valence electrons. The van der Waals surface area contributed by atoms with Crippen molar-refractivity contribution in [2.75, 3.05) is 5.88 Å². The fraction of sp³-hybridized carbons (Fsp3) is 0.750. The molecule has 0 N–H and O–H groups in total. The molecule has 0 aromatic heterocycles. The maximum Gasteiger partial charge on any atom is 0.0257 e. The molecule has 3 unspecified atom stereocenters. The van der Waals surface area contributed by atoms with Crippen LogP contribution in [0.3, 0.4) is 0 Å². The first-order chi connectivity index (χ1) is 4.40. The van der Waals surface area contributed by atoms with Crippen LogP contribution >= 0.6 is 11.6 Å². The summed E-state index contributed by atoms with van der Waals surface area (Å²) in [6.45, 7) is 0. The summed E-state index contributed by atoms with van der Waals surface area (Å²) in [5.41, 5.74) is 0. The molecule has 3 atom stereocenters. The molecule has 0 aromatic rings. The average Bonchev–Trinajstić information content (AvgIpc) is 2.45. The Kier molecular flexibility index (Phi) is 1.30. The van der Waals surface area contributed by atoms with Gasteiger partial charge in [-0.25, -0.2) is 0 Å². The van der Waals surface area contributed by atoms with E-state index in [-0.39, 0.29) is 0 Å². The molecule has 1 fully saturated rings. The van der Waals surface area contributed by atoms with Gasteiger partial charge in [-0.2, -0.15) is 0 Å². The minimum absolute atomic E-state index is 0.807. The fourth-order valence-electron chi connectivity index (χ4n) is 2.07. The SMILES string of the molecule is ClCC1CC2C=CC1C2. The molecular formula is C8H11Cl. The molecule has 0 nitrogen and oxygen atoms in total. The topological polar surface area (TPSA) is 0 Å². The van der Waals surface area contributed by atoms with Gasteiger partial charge in [-0.3, -0.25) is 0 Å². The number of halogens is 1. The maximum absolute atomic E-state index is 5.77. The molecule has 9 heavy (non-hydrogen) atoms. The highest BCUT2D eigenvalue weighted by Crippen LogP contribution is 2.43. The smallest absolute Gasteiger partial charge is 0.0257 e. The molecule has 0 amide bonds. The Balaban J connectivity index is 2.10. The highest BCUT2D eigenvalue weighted by molar-refractivity contribution is 6.18. The fourth-order valence-corrected chi connectivity index (χ4v) is 2.43. The van der Waals surface area contributed by atoms with Crippen LogP contribution in [0.4, 0.5) is 0 Å². The number of fused-ring (bicyclic) bond motifs is 2. The van der Waals surface area contributed by atoms with Crippen molar-refractivity contribution in [3.8, 4) is 0 Å². The first-order valence-electron chi connectivity index (χ1n) is 3.64. The summed E-state index contributed by atoms with van der Waals surface area (Å²) in [6.07, 6.45) is 7.44. The van der Waals surface area contributed by atoms with Crippen LogP contribution in [-0.4, -0.2) is 5.88 Å². The van der Waals surface area contributed by atoms with Gasteiger partial charge in [-0.1, -0.05) is 12.2 Å². The monoisotopic (exact) mass is 142 g/mol. The molecule has 2 aliphatic rings. The largest absolute Gasteiger partial charge is 0.126 e. The van der Waals surface area contributed by atoms with E-state index in [0.29, 0.717) is 0 Å². The van der Waals surface area contributed by atoms with E-state index in [1.165, 1.54) is 12.8 Å². The molecule has 0 aromatic carbocycles. The quantitative estimate of drug-likeness (QED) is 0.390. The van der Waals surface area contributed by atoms with Gasteiger partial charge < -0.3 is 0 Å². The van der Waals surface area contributed by atoms with Crippen LogP contribution in [0.5, 0.6) is 0 Å². The summed E-state index contributed by atoms with van der Waals surface area (Å²) >= 11 is 5.77. The van der Waals surface area contributed by atoms with Crippen LogP contribution in [0.25, 0.3) is 0 Å². The highest BCUT2D eigenvalue weighted by atomic mass is 35.5. The van der Waals surface area contributed by atoms with Gasteiger partial charge in [-0.05, 0) is 30.6 Å². The van der Waals surface area contributed by atoms with Crippen LogP contribution in [-0.2, 0) is 0 Å². The van der Waals surface area contributed by atoms with Crippen LogP contribution < -0.4 is 0 Å². The highest BCUT2D eigenvalue weighted by Gasteiger charge is 2.34. The van der Waals surface area contributed by atoms with Crippen molar-refractivity contribution < 1.29 is 0 Å². The van der Waals surface area contributed by atoms with Crippen molar-refractivity contribution in [2.24, 2.45) is 17.8 Å². The van der Waals surface area contributed by atoms with E-state index in [4.69, 9.17) is 11.6 Å². The molecule has 0 radical (unpaired) electrons. The Morgan fingerprint density at radius 2 is 2.22 bits per heavy atom. The van der Waals surface area contributed by atoms with E-state index < -0.39 is 0 Å². The van der Waals surface area contributed by atoms with Crippen LogP contribution in [0.1, 0.15) is 12.8 Å². The standard InChI is InChI=1S/C8H11Cl/c9-5-8-4-6-1-2-7(8)3-6/h1-2,6-8H,3-5H2. The number of hydrogen-bond donors (Lipinski definition) is 0. The first kappa shape index (κ1) is 5.79. The molecule has 2 aliphatic carbocycles. The second kappa shape index (κ2) is 2.02. The molecule has 2 bridgehead atoms. The van der Waals surface area contributed by atoms with Crippen molar-refractivity contribution in [3.63, 3.8) is 0 Å². The van der Waals surface area contributed by atoms with Crippen LogP contribution in [0.2, 0.25) is 0 Å². The second-order valence-electron chi connectivity index (χ2n) is 3.19. The van der Waals surface area contributed by atoms with Gasteiger partial charge in [0.15, 0.2) is 0 Å². The van der Waals surface area contributed by atoms with Crippen molar-refractivity contribution in [3.05, 3.63) is 12.2 Å². The second-order valence-corrected chi connectivity index (χ2v) is 3.50. The molecule has 0 heterocycles. The maximum atomic E-state index is 5.77. The van der Waals surface area contributed by atoms with Crippen molar-refractivity contribution in [1.29, 1.82) is 0 Å². The average molecular weight is 143 g/mol. The van der Waals surface area contributed by atoms with Gasteiger partial charge in [0, 0.05) is 5.88 Å².